The minimum atomic E-state index is -0.891. The summed E-state index contributed by atoms with van der Waals surface area (Å²) < 4.78 is 0. The van der Waals surface area contributed by atoms with Gasteiger partial charge in [0.2, 0.25) is 0 Å². The molecule has 0 aliphatic heterocycles. The average Bonchev–Trinajstić information content (AvgIpc) is 2.59. The van der Waals surface area contributed by atoms with Gasteiger partial charge in [0.1, 0.15) is 0 Å². The number of carboxylic acids is 1. The van der Waals surface area contributed by atoms with E-state index in [1.54, 1.807) is 12.1 Å². The topological polar surface area (TPSA) is 52.6 Å². The number of carbonyl (C=O) groups is 1. The third kappa shape index (κ3) is 4.91. The summed E-state index contributed by atoms with van der Waals surface area (Å²) in [6.45, 7) is 3.71. The second-order valence-electron chi connectivity index (χ2n) is 6.21. The first-order valence-electron chi connectivity index (χ1n) is 8.29. The van der Waals surface area contributed by atoms with Crippen molar-refractivity contribution in [3.05, 3.63) is 70.8 Å². The molecule has 2 aromatic carbocycles. The average molecular weight is 326 g/mol. The highest BCUT2D eigenvalue weighted by molar-refractivity contribution is 5.87. The zero-order valence-electron chi connectivity index (χ0n) is 14.6. The SMILES string of the molecule is CCc1ccc(C(CNCc2ccc(C(=O)O)cc2)N(C)C)cc1. The molecule has 0 bridgehead atoms. The molecule has 0 heterocycles. The van der Waals surface area contributed by atoms with Crippen LogP contribution in [0.3, 0.4) is 0 Å². The number of aryl methyl sites for hydroxylation is 1. The van der Waals surface area contributed by atoms with E-state index in [9.17, 15) is 4.79 Å². The van der Waals surface area contributed by atoms with Crippen molar-refractivity contribution >= 4 is 5.97 Å². The molecule has 0 fully saturated rings. The molecule has 1 atom stereocenters. The minimum absolute atomic E-state index is 0.300. The van der Waals surface area contributed by atoms with Gasteiger partial charge < -0.3 is 15.3 Å². The number of nitrogens with zero attached hydrogens (tertiary/aromatic N) is 1. The Morgan fingerprint density at radius 1 is 1.04 bits per heavy atom. The van der Waals surface area contributed by atoms with Crippen molar-refractivity contribution in [2.75, 3.05) is 20.6 Å². The van der Waals surface area contributed by atoms with Crippen LogP contribution in [0.2, 0.25) is 0 Å². The van der Waals surface area contributed by atoms with Crippen LogP contribution in [0.5, 0.6) is 0 Å². The van der Waals surface area contributed by atoms with Crippen molar-refractivity contribution in [2.24, 2.45) is 0 Å². The molecule has 128 valence electrons. The van der Waals surface area contributed by atoms with Gasteiger partial charge in [-0.05, 0) is 49.3 Å². The maximum Gasteiger partial charge on any atom is 0.335 e. The van der Waals surface area contributed by atoms with Crippen LogP contribution in [0, 0.1) is 0 Å². The molecular weight excluding hydrogens is 300 g/mol. The lowest BCUT2D eigenvalue weighted by molar-refractivity contribution is 0.0697. The largest absolute Gasteiger partial charge is 0.478 e. The second-order valence-corrected chi connectivity index (χ2v) is 6.21. The summed E-state index contributed by atoms with van der Waals surface area (Å²) in [4.78, 5) is 13.1. The highest BCUT2D eigenvalue weighted by Crippen LogP contribution is 2.18. The molecule has 2 N–H and O–H groups in total. The van der Waals surface area contributed by atoms with Crippen LogP contribution >= 0.6 is 0 Å². The lowest BCUT2D eigenvalue weighted by atomic mass is 10.0. The van der Waals surface area contributed by atoms with E-state index in [-0.39, 0.29) is 0 Å². The number of carboxylic acid groups (broad SMARTS) is 1. The molecule has 0 radical (unpaired) electrons. The number of benzene rings is 2. The number of likely N-dealkylation sites (N-methyl/N-ethyl adjacent to an activating group) is 1. The van der Waals surface area contributed by atoms with Crippen molar-refractivity contribution in [1.82, 2.24) is 10.2 Å². The van der Waals surface area contributed by atoms with Gasteiger partial charge in [-0.25, -0.2) is 4.79 Å². The molecule has 0 spiro atoms. The zero-order valence-corrected chi connectivity index (χ0v) is 14.6. The Morgan fingerprint density at radius 2 is 1.62 bits per heavy atom. The molecule has 0 saturated heterocycles. The van der Waals surface area contributed by atoms with E-state index in [1.807, 2.05) is 12.1 Å². The molecule has 0 aromatic heterocycles. The van der Waals surface area contributed by atoms with E-state index in [2.05, 4.69) is 55.5 Å². The lowest BCUT2D eigenvalue weighted by Gasteiger charge is -2.25. The Kier molecular flexibility index (Phi) is 6.53. The Hall–Kier alpha value is -2.17. The van der Waals surface area contributed by atoms with Gasteiger partial charge in [-0.1, -0.05) is 43.3 Å². The molecule has 24 heavy (non-hydrogen) atoms. The predicted octanol–water partition coefficient (Wildman–Crippen LogP) is 3.34. The summed E-state index contributed by atoms with van der Waals surface area (Å²) in [5.41, 5.74) is 4.05. The van der Waals surface area contributed by atoms with Crippen LogP contribution in [0.4, 0.5) is 0 Å². The van der Waals surface area contributed by atoms with E-state index in [4.69, 9.17) is 5.11 Å². The Morgan fingerprint density at radius 3 is 2.12 bits per heavy atom. The highest BCUT2D eigenvalue weighted by Gasteiger charge is 2.13. The van der Waals surface area contributed by atoms with E-state index >= 15 is 0 Å². The molecule has 4 heteroatoms. The molecule has 4 nitrogen and oxygen atoms in total. The van der Waals surface area contributed by atoms with Crippen molar-refractivity contribution in [1.29, 1.82) is 0 Å². The first-order chi connectivity index (χ1) is 11.5. The standard InChI is InChI=1S/C20H26N2O2/c1-4-15-5-9-17(10-6-15)19(22(2)3)14-21-13-16-7-11-18(12-8-16)20(23)24/h5-12,19,21H,4,13-14H2,1-3H3,(H,23,24). The van der Waals surface area contributed by atoms with Crippen molar-refractivity contribution in [2.45, 2.75) is 25.9 Å². The van der Waals surface area contributed by atoms with Crippen molar-refractivity contribution in [3.8, 4) is 0 Å². The molecular formula is C20H26N2O2. The van der Waals surface area contributed by atoms with Gasteiger partial charge in [-0.2, -0.15) is 0 Å². The van der Waals surface area contributed by atoms with Crippen LogP contribution in [0.15, 0.2) is 48.5 Å². The number of aromatic carboxylic acids is 1. The summed E-state index contributed by atoms with van der Waals surface area (Å²) in [7, 11) is 4.17. The van der Waals surface area contributed by atoms with Gasteiger partial charge in [-0.15, -0.1) is 0 Å². The first-order valence-corrected chi connectivity index (χ1v) is 8.29. The summed E-state index contributed by atoms with van der Waals surface area (Å²) in [5.74, 6) is -0.891. The van der Waals surface area contributed by atoms with Crippen LogP contribution in [-0.4, -0.2) is 36.6 Å². The smallest absolute Gasteiger partial charge is 0.335 e. The fraction of sp³-hybridized carbons (Fsp3) is 0.350. The van der Waals surface area contributed by atoms with E-state index < -0.39 is 5.97 Å². The zero-order chi connectivity index (χ0) is 17.5. The van der Waals surface area contributed by atoms with Crippen LogP contribution in [0.25, 0.3) is 0 Å². The predicted molar refractivity (Wildman–Crippen MR) is 97.4 cm³/mol. The fourth-order valence-corrected chi connectivity index (χ4v) is 2.69. The first kappa shape index (κ1) is 18.2. The summed E-state index contributed by atoms with van der Waals surface area (Å²) in [6, 6.07) is 16.1. The Bertz CT molecular complexity index is 648. The maximum absolute atomic E-state index is 10.9. The third-order valence-electron chi connectivity index (χ3n) is 4.26. The number of rotatable bonds is 8. The quantitative estimate of drug-likeness (QED) is 0.781. The molecule has 0 saturated carbocycles. The second kappa shape index (κ2) is 8.62. The van der Waals surface area contributed by atoms with Gasteiger partial charge in [0.05, 0.1) is 5.56 Å². The van der Waals surface area contributed by atoms with E-state index in [0.29, 0.717) is 11.6 Å². The fourth-order valence-electron chi connectivity index (χ4n) is 2.69. The molecule has 1 unspecified atom stereocenters. The van der Waals surface area contributed by atoms with Crippen molar-refractivity contribution < 1.29 is 9.90 Å². The number of nitrogens with one attached hydrogen (secondary N) is 1. The highest BCUT2D eigenvalue weighted by atomic mass is 16.4. The molecule has 2 rings (SSSR count). The van der Waals surface area contributed by atoms with Gasteiger partial charge in [-0.3, -0.25) is 0 Å². The van der Waals surface area contributed by atoms with Crippen LogP contribution < -0.4 is 5.32 Å². The monoisotopic (exact) mass is 326 g/mol. The summed E-state index contributed by atoms with van der Waals surface area (Å²) >= 11 is 0. The maximum atomic E-state index is 10.9. The Labute approximate surface area is 144 Å². The molecule has 0 aliphatic carbocycles. The summed E-state index contributed by atoms with van der Waals surface area (Å²) in [6.07, 6.45) is 1.05. The van der Waals surface area contributed by atoms with Crippen molar-refractivity contribution in [3.63, 3.8) is 0 Å². The van der Waals surface area contributed by atoms with E-state index in [1.165, 1.54) is 11.1 Å². The minimum Gasteiger partial charge on any atom is -0.478 e. The van der Waals surface area contributed by atoms with Crippen LogP contribution in [0.1, 0.15) is 40.0 Å². The van der Waals surface area contributed by atoms with Gasteiger partial charge >= 0.3 is 5.97 Å². The van der Waals surface area contributed by atoms with Gasteiger partial charge in [0.25, 0.3) is 0 Å². The molecule has 0 aliphatic rings. The Balaban J connectivity index is 1.94. The molecule has 0 amide bonds. The normalized spacial score (nSPS) is 12.3. The van der Waals surface area contributed by atoms with E-state index in [0.717, 1.165) is 25.1 Å². The third-order valence-corrected chi connectivity index (χ3v) is 4.26. The summed E-state index contributed by atoms with van der Waals surface area (Å²) in [5, 5.41) is 12.4. The van der Waals surface area contributed by atoms with Gasteiger partial charge in [0.15, 0.2) is 0 Å². The lowest BCUT2D eigenvalue weighted by Crippen LogP contribution is -2.30. The van der Waals surface area contributed by atoms with Gasteiger partial charge in [0, 0.05) is 19.1 Å². The van der Waals surface area contributed by atoms with Crippen LogP contribution in [-0.2, 0) is 13.0 Å². The number of hydrogen-bond acceptors (Lipinski definition) is 3. The number of hydrogen-bond donors (Lipinski definition) is 2. The molecule has 2 aromatic rings.